The Morgan fingerprint density at radius 2 is 2.25 bits per heavy atom. The highest BCUT2D eigenvalue weighted by Crippen LogP contribution is 2.28. The molecule has 0 aromatic heterocycles. The molecule has 0 bridgehead atoms. The van der Waals surface area contributed by atoms with E-state index in [2.05, 4.69) is 0 Å². The van der Waals surface area contributed by atoms with Crippen LogP contribution in [0.1, 0.15) is 23.7 Å². The predicted molar refractivity (Wildman–Crippen MR) is 63.6 cm³/mol. The third-order valence-electron chi connectivity index (χ3n) is 3.21. The fourth-order valence-electron chi connectivity index (χ4n) is 2.29. The van der Waals surface area contributed by atoms with Crippen LogP contribution >= 0.6 is 0 Å². The second kappa shape index (κ2) is 4.39. The van der Waals surface area contributed by atoms with Crippen LogP contribution in [0.25, 0.3) is 0 Å². The first-order chi connectivity index (χ1) is 7.59. The maximum atomic E-state index is 13.1. The SMILES string of the molecule is Cc1cccc(N)c1C(N)N1CC[C@H](F)C1. The van der Waals surface area contributed by atoms with Gasteiger partial charge in [0.15, 0.2) is 0 Å². The molecule has 3 nitrogen and oxygen atoms in total. The smallest absolute Gasteiger partial charge is 0.114 e. The molecule has 1 heterocycles. The van der Waals surface area contributed by atoms with Gasteiger partial charge in [-0.2, -0.15) is 0 Å². The van der Waals surface area contributed by atoms with Crippen LogP contribution in [0.5, 0.6) is 0 Å². The molecular formula is C12H18FN3. The summed E-state index contributed by atoms with van der Waals surface area (Å²) >= 11 is 0. The largest absolute Gasteiger partial charge is 0.398 e. The average Bonchev–Trinajstić information content (AvgIpc) is 2.64. The standard InChI is InChI=1S/C12H18FN3/c1-8-3-2-4-10(14)11(8)12(15)16-6-5-9(13)7-16/h2-4,9,12H,5-7,14-15H2,1H3/t9-,12?/m0/s1. The van der Waals surface area contributed by atoms with Crippen molar-refractivity contribution in [2.24, 2.45) is 5.73 Å². The van der Waals surface area contributed by atoms with Crippen molar-refractivity contribution in [1.29, 1.82) is 0 Å². The monoisotopic (exact) mass is 223 g/mol. The van der Waals surface area contributed by atoms with Gasteiger partial charge in [0.25, 0.3) is 0 Å². The Labute approximate surface area is 95.2 Å². The van der Waals surface area contributed by atoms with E-state index in [1.54, 1.807) is 0 Å². The van der Waals surface area contributed by atoms with Gasteiger partial charge in [-0.05, 0) is 25.0 Å². The van der Waals surface area contributed by atoms with E-state index in [1.807, 2.05) is 30.0 Å². The van der Waals surface area contributed by atoms with E-state index in [1.165, 1.54) is 0 Å². The summed E-state index contributed by atoms with van der Waals surface area (Å²) in [4.78, 5) is 1.95. The number of benzene rings is 1. The molecule has 1 aliphatic rings. The number of anilines is 1. The number of nitrogens with two attached hydrogens (primary N) is 2. The molecule has 16 heavy (non-hydrogen) atoms. The van der Waals surface area contributed by atoms with Crippen LogP contribution in [-0.4, -0.2) is 24.2 Å². The molecule has 0 saturated carbocycles. The lowest BCUT2D eigenvalue weighted by Crippen LogP contribution is -2.34. The highest BCUT2D eigenvalue weighted by molar-refractivity contribution is 5.52. The zero-order valence-corrected chi connectivity index (χ0v) is 9.49. The van der Waals surface area contributed by atoms with Crippen molar-refractivity contribution < 1.29 is 4.39 Å². The summed E-state index contributed by atoms with van der Waals surface area (Å²) in [6, 6.07) is 5.72. The van der Waals surface area contributed by atoms with Gasteiger partial charge < -0.3 is 11.5 Å². The van der Waals surface area contributed by atoms with Gasteiger partial charge in [-0.25, -0.2) is 4.39 Å². The van der Waals surface area contributed by atoms with Crippen LogP contribution in [0.4, 0.5) is 10.1 Å². The van der Waals surface area contributed by atoms with Gasteiger partial charge in [0.1, 0.15) is 6.17 Å². The van der Waals surface area contributed by atoms with E-state index in [9.17, 15) is 4.39 Å². The number of rotatable bonds is 2. The molecule has 4 heteroatoms. The molecular weight excluding hydrogens is 205 g/mol. The molecule has 1 aromatic rings. The molecule has 4 N–H and O–H groups in total. The quantitative estimate of drug-likeness (QED) is 0.748. The van der Waals surface area contributed by atoms with E-state index in [-0.39, 0.29) is 6.17 Å². The Morgan fingerprint density at radius 1 is 1.50 bits per heavy atom. The minimum atomic E-state index is -0.753. The van der Waals surface area contributed by atoms with Crippen LogP contribution in [-0.2, 0) is 0 Å². The lowest BCUT2D eigenvalue weighted by Gasteiger charge is -2.26. The highest BCUT2D eigenvalue weighted by Gasteiger charge is 2.28. The lowest BCUT2D eigenvalue weighted by molar-refractivity contribution is 0.226. The summed E-state index contributed by atoms with van der Waals surface area (Å²) in [5.74, 6) is 0. The molecule has 0 radical (unpaired) electrons. The van der Waals surface area contributed by atoms with Gasteiger partial charge in [0.05, 0.1) is 6.17 Å². The van der Waals surface area contributed by atoms with E-state index < -0.39 is 6.17 Å². The molecule has 0 amide bonds. The first-order valence-corrected chi connectivity index (χ1v) is 5.58. The summed E-state index contributed by atoms with van der Waals surface area (Å²) in [7, 11) is 0. The van der Waals surface area contributed by atoms with Gasteiger partial charge in [0, 0.05) is 24.3 Å². The van der Waals surface area contributed by atoms with Gasteiger partial charge in [-0.1, -0.05) is 12.1 Å². The summed E-state index contributed by atoms with van der Waals surface area (Å²) in [6.45, 7) is 3.10. The van der Waals surface area contributed by atoms with Gasteiger partial charge in [-0.3, -0.25) is 4.90 Å². The second-order valence-electron chi connectivity index (χ2n) is 4.40. The normalized spacial score (nSPS) is 23.6. The number of likely N-dealkylation sites (tertiary alicyclic amines) is 1. The van der Waals surface area contributed by atoms with E-state index in [4.69, 9.17) is 11.5 Å². The summed E-state index contributed by atoms with van der Waals surface area (Å²) in [5.41, 5.74) is 14.7. The molecule has 88 valence electrons. The van der Waals surface area contributed by atoms with E-state index in [0.717, 1.165) is 11.1 Å². The van der Waals surface area contributed by atoms with Crippen LogP contribution in [0.2, 0.25) is 0 Å². The maximum absolute atomic E-state index is 13.1. The minimum absolute atomic E-state index is 0.290. The number of hydrogen-bond donors (Lipinski definition) is 2. The Kier molecular flexibility index (Phi) is 3.12. The van der Waals surface area contributed by atoms with Crippen molar-refractivity contribution in [2.45, 2.75) is 25.7 Å². The molecule has 0 aliphatic carbocycles. The molecule has 1 unspecified atom stereocenters. The fraction of sp³-hybridized carbons (Fsp3) is 0.500. The van der Waals surface area contributed by atoms with Crippen molar-refractivity contribution in [3.05, 3.63) is 29.3 Å². The van der Waals surface area contributed by atoms with Gasteiger partial charge >= 0.3 is 0 Å². The predicted octanol–water partition coefficient (Wildman–Crippen LogP) is 1.58. The molecule has 2 rings (SSSR count). The number of halogens is 1. The number of alkyl halides is 1. The summed E-state index contributed by atoms with van der Waals surface area (Å²) in [6.07, 6.45) is -0.474. The van der Waals surface area contributed by atoms with Crippen LogP contribution in [0.3, 0.4) is 0 Å². The van der Waals surface area contributed by atoms with Crippen molar-refractivity contribution in [3.63, 3.8) is 0 Å². The minimum Gasteiger partial charge on any atom is -0.398 e. The third kappa shape index (κ3) is 2.03. The van der Waals surface area contributed by atoms with Crippen LogP contribution < -0.4 is 11.5 Å². The number of hydrogen-bond acceptors (Lipinski definition) is 3. The van der Waals surface area contributed by atoms with Crippen molar-refractivity contribution >= 4 is 5.69 Å². The molecule has 2 atom stereocenters. The fourth-order valence-corrected chi connectivity index (χ4v) is 2.29. The van der Waals surface area contributed by atoms with Crippen LogP contribution in [0, 0.1) is 6.92 Å². The third-order valence-corrected chi connectivity index (χ3v) is 3.21. The molecule has 1 aromatic carbocycles. The molecule has 1 aliphatic heterocycles. The Hall–Kier alpha value is -1.13. The summed E-state index contributed by atoms with van der Waals surface area (Å²) in [5, 5.41) is 0. The first kappa shape index (κ1) is 11.4. The Bertz CT molecular complexity index is 360. The molecule has 0 spiro atoms. The zero-order valence-electron chi connectivity index (χ0n) is 9.49. The highest BCUT2D eigenvalue weighted by atomic mass is 19.1. The molecule has 1 fully saturated rings. The van der Waals surface area contributed by atoms with Crippen LogP contribution in [0.15, 0.2) is 18.2 Å². The topological polar surface area (TPSA) is 55.3 Å². The second-order valence-corrected chi connectivity index (χ2v) is 4.40. The zero-order chi connectivity index (χ0) is 11.7. The average molecular weight is 223 g/mol. The molecule has 1 saturated heterocycles. The summed E-state index contributed by atoms with van der Waals surface area (Å²) < 4.78 is 13.1. The number of nitrogen functional groups attached to an aromatic ring is 1. The van der Waals surface area contributed by atoms with Gasteiger partial charge in [0.2, 0.25) is 0 Å². The maximum Gasteiger partial charge on any atom is 0.114 e. The Balaban J connectivity index is 2.23. The lowest BCUT2D eigenvalue weighted by atomic mass is 10.0. The van der Waals surface area contributed by atoms with E-state index >= 15 is 0 Å². The van der Waals surface area contributed by atoms with Gasteiger partial charge in [-0.15, -0.1) is 0 Å². The van der Waals surface area contributed by atoms with Crippen molar-refractivity contribution in [2.75, 3.05) is 18.8 Å². The van der Waals surface area contributed by atoms with E-state index in [0.29, 0.717) is 25.2 Å². The Morgan fingerprint density at radius 3 is 2.81 bits per heavy atom. The van der Waals surface area contributed by atoms with Crippen molar-refractivity contribution in [1.82, 2.24) is 4.90 Å². The number of nitrogens with zero attached hydrogens (tertiary/aromatic N) is 1. The number of aryl methyl sites for hydroxylation is 1. The first-order valence-electron chi connectivity index (χ1n) is 5.58. The van der Waals surface area contributed by atoms with Crippen molar-refractivity contribution in [3.8, 4) is 0 Å².